The molecule has 7 heteroatoms. The zero-order valence-corrected chi connectivity index (χ0v) is 11.0. The molecule has 2 rings (SSSR count). The summed E-state index contributed by atoms with van der Waals surface area (Å²) in [5.74, 6) is 0. The molecule has 96 valence electrons. The minimum atomic E-state index is -3.67. The summed E-state index contributed by atoms with van der Waals surface area (Å²) < 4.78 is 31.8. The lowest BCUT2D eigenvalue weighted by atomic mass is 10.2. The van der Waals surface area contributed by atoms with E-state index in [1.807, 2.05) is 6.07 Å². The first-order valence-corrected chi connectivity index (χ1v) is 7.19. The molecule has 1 N–H and O–H groups in total. The maximum absolute atomic E-state index is 12.1. The van der Waals surface area contributed by atoms with Crippen LogP contribution in [0.3, 0.4) is 0 Å². The van der Waals surface area contributed by atoms with Crippen LogP contribution in [-0.2, 0) is 14.8 Å². The predicted octanol–water partition coefficient (Wildman–Crippen LogP) is 1.28. The zero-order chi connectivity index (χ0) is 13.2. The number of hydrogen-bond donors (Lipinski definition) is 1. The summed E-state index contributed by atoms with van der Waals surface area (Å²) in [6, 6.07) is 5.77. The van der Waals surface area contributed by atoms with Crippen molar-refractivity contribution in [1.29, 1.82) is 5.26 Å². The number of sulfonamides is 1. The number of hydrogen-bond acceptors (Lipinski definition) is 4. The first-order chi connectivity index (χ1) is 8.53. The molecule has 5 nitrogen and oxygen atoms in total. The van der Waals surface area contributed by atoms with Gasteiger partial charge in [0.15, 0.2) is 0 Å². The lowest BCUT2D eigenvalue weighted by Gasteiger charge is -2.12. The van der Waals surface area contributed by atoms with Gasteiger partial charge in [-0.25, -0.2) is 13.1 Å². The average molecular weight is 287 g/mol. The van der Waals surface area contributed by atoms with E-state index in [1.165, 1.54) is 18.2 Å². The van der Waals surface area contributed by atoms with Gasteiger partial charge < -0.3 is 4.74 Å². The second-order valence-electron chi connectivity index (χ2n) is 3.94. The number of nitriles is 1. The van der Waals surface area contributed by atoms with Crippen molar-refractivity contribution in [3.8, 4) is 6.07 Å². The summed E-state index contributed by atoms with van der Waals surface area (Å²) in [4.78, 5) is -0.0185. The van der Waals surface area contributed by atoms with Crippen molar-refractivity contribution in [2.75, 3.05) is 13.2 Å². The number of nitrogens with zero attached hydrogens (tertiary/aromatic N) is 1. The summed E-state index contributed by atoms with van der Waals surface area (Å²) >= 11 is 5.88. The Bertz CT molecular complexity index is 589. The Labute approximate surface area is 110 Å². The van der Waals surface area contributed by atoms with Gasteiger partial charge in [0, 0.05) is 12.6 Å². The molecule has 0 bridgehead atoms. The third kappa shape index (κ3) is 2.82. The maximum atomic E-state index is 12.1. The summed E-state index contributed by atoms with van der Waals surface area (Å²) in [5, 5.41) is 8.74. The van der Waals surface area contributed by atoms with Crippen LogP contribution in [0.15, 0.2) is 23.1 Å². The molecule has 18 heavy (non-hydrogen) atoms. The SMILES string of the molecule is N#Cc1ccc(S(=O)(=O)NC2CCOC2)c(Cl)c1. The Morgan fingerprint density at radius 2 is 2.28 bits per heavy atom. The number of halogens is 1. The van der Waals surface area contributed by atoms with Gasteiger partial charge in [-0.3, -0.25) is 0 Å². The van der Waals surface area contributed by atoms with E-state index in [-0.39, 0.29) is 16.0 Å². The van der Waals surface area contributed by atoms with E-state index in [1.54, 1.807) is 0 Å². The van der Waals surface area contributed by atoms with E-state index < -0.39 is 10.0 Å². The van der Waals surface area contributed by atoms with E-state index >= 15 is 0 Å². The van der Waals surface area contributed by atoms with Crippen LogP contribution in [0.25, 0.3) is 0 Å². The molecule has 0 aliphatic carbocycles. The quantitative estimate of drug-likeness (QED) is 0.908. The summed E-state index contributed by atoms with van der Waals surface area (Å²) in [7, 11) is -3.67. The van der Waals surface area contributed by atoms with Gasteiger partial charge in [-0.15, -0.1) is 0 Å². The molecular formula is C11H11ClN2O3S. The Hall–Kier alpha value is -1.13. The topological polar surface area (TPSA) is 79.2 Å². The normalized spacial score (nSPS) is 19.7. The molecule has 1 unspecified atom stereocenters. The Morgan fingerprint density at radius 3 is 2.83 bits per heavy atom. The Balaban J connectivity index is 2.27. The van der Waals surface area contributed by atoms with E-state index in [4.69, 9.17) is 21.6 Å². The van der Waals surface area contributed by atoms with Crippen molar-refractivity contribution < 1.29 is 13.2 Å². The summed E-state index contributed by atoms with van der Waals surface area (Å²) in [6.07, 6.45) is 0.646. The monoisotopic (exact) mass is 286 g/mol. The van der Waals surface area contributed by atoms with Crippen molar-refractivity contribution in [2.45, 2.75) is 17.4 Å². The lowest BCUT2D eigenvalue weighted by molar-refractivity contribution is 0.192. The van der Waals surface area contributed by atoms with Crippen molar-refractivity contribution in [2.24, 2.45) is 0 Å². The zero-order valence-electron chi connectivity index (χ0n) is 9.39. The van der Waals surface area contributed by atoms with Crippen LogP contribution in [-0.4, -0.2) is 27.7 Å². The third-order valence-electron chi connectivity index (χ3n) is 2.60. The minimum Gasteiger partial charge on any atom is -0.380 e. The van der Waals surface area contributed by atoms with Crippen molar-refractivity contribution >= 4 is 21.6 Å². The predicted molar refractivity (Wildman–Crippen MR) is 65.7 cm³/mol. The van der Waals surface area contributed by atoms with Crippen molar-refractivity contribution in [1.82, 2.24) is 4.72 Å². The molecule has 1 aliphatic rings. The molecule has 0 amide bonds. The standard InChI is InChI=1S/C11H11ClN2O3S/c12-10-5-8(6-13)1-2-11(10)18(15,16)14-9-3-4-17-7-9/h1-2,5,9,14H,3-4,7H2. The van der Waals surface area contributed by atoms with E-state index in [0.717, 1.165) is 0 Å². The molecule has 1 aliphatic heterocycles. The molecule has 1 heterocycles. The van der Waals surface area contributed by atoms with Gasteiger partial charge in [0.25, 0.3) is 0 Å². The van der Waals surface area contributed by atoms with Crippen LogP contribution in [0.4, 0.5) is 0 Å². The van der Waals surface area contributed by atoms with E-state index in [0.29, 0.717) is 25.2 Å². The minimum absolute atomic E-state index is 0.0185. The average Bonchev–Trinajstić information content (AvgIpc) is 2.80. The molecule has 0 radical (unpaired) electrons. The maximum Gasteiger partial charge on any atom is 0.242 e. The largest absolute Gasteiger partial charge is 0.380 e. The first-order valence-electron chi connectivity index (χ1n) is 5.32. The lowest BCUT2D eigenvalue weighted by Crippen LogP contribution is -2.35. The highest BCUT2D eigenvalue weighted by molar-refractivity contribution is 7.89. The fourth-order valence-corrected chi connectivity index (χ4v) is 3.50. The molecular weight excluding hydrogens is 276 g/mol. The highest BCUT2D eigenvalue weighted by Gasteiger charge is 2.25. The van der Waals surface area contributed by atoms with Gasteiger partial charge in [0.2, 0.25) is 10.0 Å². The smallest absolute Gasteiger partial charge is 0.242 e. The number of rotatable bonds is 3. The van der Waals surface area contributed by atoms with Gasteiger partial charge >= 0.3 is 0 Å². The van der Waals surface area contributed by atoms with Gasteiger partial charge in [0.1, 0.15) is 4.90 Å². The van der Waals surface area contributed by atoms with Crippen molar-refractivity contribution in [3.63, 3.8) is 0 Å². The third-order valence-corrected chi connectivity index (χ3v) is 4.61. The highest BCUT2D eigenvalue weighted by atomic mass is 35.5. The Kier molecular flexibility index (Phi) is 3.88. The number of ether oxygens (including phenoxy) is 1. The second-order valence-corrected chi connectivity index (χ2v) is 6.03. The molecule has 1 fully saturated rings. The van der Waals surface area contributed by atoms with Gasteiger partial charge in [-0.2, -0.15) is 5.26 Å². The fraction of sp³-hybridized carbons (Fsp3) is 0.364. The van der Waals surface area contributed by atoms with E-state index in [2.05, 4.69) is 4.72 Å². The van der Waals surface area contributed by atoms with Crippen LogP contribution in [0.1, 0.15) is 12.0 Å². The molecule has 0 spiro atoms. The summed E-state index contributed by atoms with van der Waals surface area (Å²) in [6.45, 7) is 0.918. The fourth-order valence-electron chi connectivity index (χ4n) is 1.70. The molecule has 1 aromatic carbocycles. The van der Waals surface area contributed by atoms with Crippen LogP contribution < -0.4 is 4.72 Å². The molecule has 0 aromatic heterocycles. The molecule has 1 atom stereocenters. The van der Waals surface area contributed by atoms with Gasteiger partial charge in [-0.05, 0) is 24.6 Å². The van der Waals surface area contributed by atoms with Crippen LogP contribution in [0, 0.1) is 11.3 Å². The second kappa shape index (κ2) is 5.24. The number of benzene rings is 1. The molecule has 1 aromatic rings. The van der Waals surface area contributed by atoms with Crippen LogP contribution >= 0.6 is 11.6 Å². The summed E-state index contributed by atoms with van der Waals surface area (Å²) in [5.41, 5.74) is 0.322. The molecule has 1 saturated heterocycles. The Morgan fingerprint density at radius 1 is 1.50 bits per heavy atom. The number of nitrogens with one attached hydrogen (secondary N) is 1. The van der Waals surface area contributed by atoms with Gasteiger partial charge in [-0.1, -0.05) is 11.6 Å². The first kappa shape index (κ1) is 13.3. The molecule has 0 saturated carbocycles. The highest BCUT2D eigenvalue weighted by Crippen LogP contribution is 2.23. The van der Waals surface area contributed by atoms with Crippen LogP contribution in [0.2, 0.25) is 5.02 Å². The van der Waals surface area contributed by atoms with E-state index in [9.17, 15) is 8.42 Å². The van der Waals surface area contributed by atoms with Gasteiger partial charge in [0.05, 0.1) is 23.3 Å². The van der Waals surface area contributed by atoms with Crippen molar-refractivity contribution in [3.05, 3.63) is 28.8 Å². The van der Waals surface area contributed by atoms with Crippen LogP contribution in [0.5, 0.6) is 0 Å².